The number of likely N-dealkylation sites (N-methyl/N-ethyl adjacent to an activating group) is 2. The highest BCUT2D eigenvalue weighted by atomic mass is 19.4. The first-order valence-corrected chi connectivity index (χ1v) is 37.6. The summed E-state index contributed by atoms with van der Waals surface area (Å²) >= 11 is 0. The maximum absolute atomic E-state index is 14.8. The van der Waals surface area contributed by atoms with Crippen LogP contribution in [0.3, 0.4) is 0 Å². The zero-order valence-electron chi connectivity index (χ0n) is 64.6. The van der Waals surface area contributed by atoms with Gasteiger partial charge in [-0.15, -0.1) is 0 Å². The maximum Gasteiger partial charge on any atom is 0.404 e. The van der Waals surface area contributed by atoms with Crippen LogP contribution in [0.5, 0.6) is 0 Å². The Labute approximate surface area is 620 Å². The Morgan fingerprint density at radius 2 is 1.37 bits per heavy atom. The van der Waals surface area contributed by atoms with Gasteiger partial charge in [-0.2, -0.15) is 13.2 Å². The molecule has 16 atom stereocenters. The molecule has 25 nitrogen and oxygen atoms in total. The second-order valence-electron chi connectivity index (χ2n) is 30.2. The van der Waals surface area contributed by atoms with Crippen molar-refractivity contribution < 1.29 is 70.6 Å². The lowest BCUT2D eigenvalue weighted by Gasteiger charge is -2.41. The number of carbonyl (C=O) groups excluding carboxylic acids is 10. The van der Waals surface area contributed by atoms with E-state index in [0.717, 1.165) is 18.4 Å². The minimum Gasteiger partial charge on any atom is -0.379 e. The molecule has 2 heterocycles. The zero-order valence-corrected chi connectivity index (χ0v) is 64.6. The molecular weight excluding hydrogens is 1360 g/mol. The Balaban J connectivity index is 1.22. The van der Waals surface area contributed by atoms with Crippen LogP contribution in [0, 0.1) is 47.3 Å². The number of primary amides is 1. The molecule has 0 spiro atoms. The van der Waals surface area contributed by atoms with Gasteiger partial charge in [-0.3, -0.25) is 53.0 Å². The molecule has 5 rings (SSSR count). The number of ether oxygens (including phenoxy) is 2. The summed E-state index contributed by atoms with van der Waals surface area (Å²) in [6.45, 7) is 22.8. The first-order valence-electron chi connectivity index (χ1n) is 37.6. The number of piperidine rings is 1. The van der Waals surface area contributed by atoms with E-state index in [9.17, 15) is 61.1 Å². The molecule has 588 valence electrons. The minimum atomic E-state index is -4.62. The van der Waals surface area contributed by atoms with Crippen molar-refractivity contribution >= 4 is 64.9 Å². The normalized spacial score (nSPS) is 20.7. The smallest absolute Gasteiger partial charge is 0.379 e. The quantitative estimate of drug-likeness (QED) is 0.0298. The van der Waals surface area contributed by atoms with Crippen LogP contribution in [0.4, 0.5) is 23.7 Å². The summed E-state index contributed by atoms with van der Waals surface area (Å²) in [5.74, 6) is -5.33. The van der Waals surface area contributed by atoms with Crippen LogP contribution in [-0.4, -0.2) is 207 Å². The van der Waals surface area contributed by atoms with Crippen molar-refractivity contribution in [1.29, 1.82) is 0 Å². The third-order valence-electron chi connectivity index (χ3n) is 21.2. The topological polar surface area (TPSA) is 324 Å². The Kier molecular flexibility index (Phi) is 35.2. The summed E-state index contributed by atoms with van der Waals surface area (Å²) in [6.07, 6.45) is -1.23. The average Bonchev–Trinajstić information content (AvgIpc) is 1.80. The van der Waals surface area contributed by atoms with Gasteiger partial charge >= 0.3 is 12.2 Å². The highest BCUT2D eigenvalue weighted by Crippen LogP contribution is 2.46. The van der Waals surface area contributed by atoms with E-state index < -0.39 is 132 Å². The Hall–Kier alpha value is -7.69. The molecule has 1 aliphatic carbocycles. The SMILES string of the molecule is C=C(C)NC(=O)C1CCN(CCCC(=O)N[C@H](C(=O)N[C@@H](CCCNC(N)=O)C(=O)Nc2ccc(CNC(=O)[C@H](Cc3ccccc3)NC(=O)[C@H](C)[C@@H](OC)[C@@H]3CCCN3C(=O)C[C@@H](OC)[C@H]([C@@H](C)CC)N(C)C(=O)[C@@H](NC(=O)[C@H](C(C)CC3CC3CC)N(C)C)C(C)C)cc2)C(C)C)C(C(F)(F)F)C1. The Morgan fingerprint density at radius 3 is 1.94 bits per heavy atom. The lowest BCUT2D eigenvalue weighted by Crippen LogP contribution is -2.60. The number of benzene rings is 2. The van der Waals surface area contributed by atoms with Crippen LogP contribution in [0.2, 0.25) is 0 Å². The number of allylic oxidation sites excluding steroid dienone is 1. The Bertz CT molecular complexity index is 3200. The van der Waals surface area contributed by atoms with E-state index >= 15 is 0 Å². The van der Waals surface area contributed by atoms with Crippen molar-refractivity contribution in [1.82, 2.24) is 56.8 Å². The van der Waals surface area contributed by atoms with Crippen molar-refractivity contribution in [2.75, 3.05) is 66.9 Å². The van der Waals surface area contributed by atoms with E-state index in [0.29, 0.717) is 54.6 Å². The molecule has 3 fully saturated rings. The number of likely N-dealkylation sites (tertiary alicyclic amines) is 2. The molecule has 11 amide bonds. The monoisotopic (exact) mass is 1480 g/mol. The molecule has 10 N–H and O–H groups in total. The van der Waals surface area contributed by atoms with E-state index in [1.165, 1.54) is 25.5 Å². The standard InChI is InChI=1S/C77H122F3N13O12/c1-17-48(9)66(91(14)75(102)65(46(5)6)89-74(101)67(90(12)13)49(10)39-55-41-53(55)18-2)60(104-15)43-63(95)93-37-23-28-59(93)68(105-16)50(11)69(96)87-58(40-51-25-20-19-21-26-51)71(98)83-44-52-30-32-56(33-31-52)85-72(99)57(27-22-35-82-76(81)103)86-73(100)64(45(3)4)88-62(94)29-24-36-92-38-34-54(70(97)84-47(7)8)42-61(92)77(78,79)80/h19-21,25-26,30-33,45-46,48-50,53-55,57-61,64-68H,7,17-18,22-24,27-29,34-44H2,1-6,8-16H3,(H,83,98)(H,84,97)(H,85,99)(H,86,100)(H,87,96)(H,88,94)(H,89,101)(H3,81,82,103)/t48-,49?,50+,53?,54?,55?,57-,58-,59-,60+,61?,64-,65-,66-,67-,68+/m0/s1. The number of alkyl halides is 3. The number of rotatable bonds is 42. The number of methoxy groups -OCH3 is 2. The van der Waals surface area contributed by atoms with Gasteiger partial charge < -0.3 is 67.5 Å². The molecule has 3 aliphatic rings. The number of nitrogens with one attached hydrogen (secondary N) is 8. The van der Waals surface area contributed by atoms with Gasteiger partial charge in [-0.1, -0.05) is 124 Å². The van der Waals surface area contributed by atoms with Crippen LogP contribution < -0.4 is 48.3 Å². The number of hydrogen-bond donors (Lipinski definition) is 9. The molecule has 1 saturated carbocycles. The minimum absolute atomic E-state index is 0.00999. The van der Waals surface area contributed by atoms with Crippen molar-refractivity contribution in [3.63, 3.8) is 0 Å². The fourth-order valence-corrected chi connectivity index (χ4v) is 15.0. The van der Waals surface area contributed by atoms with Gasteiger partial charge in [-0.05, 0) is 151 Å². The predicted octanol–water partition coefficient (Wildman–Crippen LogP) is 7.18. The van der Waals surface area contributed by atoms with Crippen molar-refractivity contribution in [3.8, 4) is 0 Å². The van der Waals surface area contributed by atoms with Gasteiger partial charge in [0, 0.05) is 71.0 Å². The predicted molar refractivity (Wildman–Crippen MR) is 397 cm³/mol. The van der Waals surface area contributed by atoms with E-state index in [1.54, 1.807) is 68.8 Å². The zero-order chi connectivity index (χ0) is 78.2. The summed E-state index contributed by atoms with van der Waals surface area (Å²) < 4.78 is 55.0. The fourth-order valence-electron chi connectivity index (χ4n) is 15.0. The van der Waals surface area contributed by atoms with Crippen LogP contribution in [0.15, 0.2) is 66.9 Å². The lowest BCUT2D eigenvalue weighted by molar-refractivity contribution is -0.196. The molecule has 0 aromatic heterocycles. The summed E-state index contributed by atoms with van der Waals surface area (Å²) in [6, 6.07) is 7.29. The number of nitrogens with zero attached hydrogens (tertiary/aromatic N) is 4. The van der Waals surface area contributed by atoms with Crippen LogP contribution in [0.25, 0.3) is 0 Å². The second kappa shape index (κ2) is 42.0. The first-order chi connectivity index (χ1) is 49.5. The van der Waals surface area contributed by atoms with Gasteiger partial charge in [0.1, 0.15) is 30.2 Å². The molecule has 0 bridgehead atoms. The van der Waals surface area contributed by atoms with E-state index in [2.05, 4.69) is 63.0 Å². The largest absolute Gasteiger partial charge is 0.404 e. The molecule has 2 aromatic rings. The molecular formula is C77H122F3N13O12. The molecule has 105 heavy (non-hydrogen) atoms. The van der Waals surface area contributed by atoms with Crippen LogP contribution in [0.1, 0.15) is 164 Å². The Morgan fingerprint density at radius 1 is 0.714 bits per heavy atom. The summed E-state index contributed by atoms with van der Waals surface area (Å²) in [5, 5.41) is 22.2. The molecule has 2 saturated heterocycles. The number of halogens is 3. The third kappa shape index (κ3) is 26.6. The van der Waals surface area contributed by atoms with Crippen LogP contribution in [-0.2, 0) is 65.6 Å². The summed E-state index contributed by atoms with van der Waals surface area (Å²) in [7, 11) is 8.54. The molecule has 2 aliphatic heterocycles. The second-order valence-corrected chi connectivity index (χ2v) is 30.2. The lowest BCUT2D eigenvalue weighted by atomic mass is 9.89. The highest BCUT2D eigenvalue weighted by Gasteiger charge is 2.49. The maximum atomic E-state index is 14.8. The highest BCUT2D eigenvalue weighted by molar-refractivity contribution is 5.98. The average molecular weight is 1480 g/mol. The van der Waals surface area contributed by atoms with Gasteiger partial charge in [0.25, 0.3) is 0 Å². The van der Waals surface area contributed by atoms with E-state index in [4.69, 9.17) is 15.2 Å². The van der Waals surface area contributed by atoms with E-state index in [1.807, 2.05) is 77.0 Å². The number of nitrogens with two attached hydrogens (primary N) is 1. The number of amides is 11. The fraction of sp³-hybridized carbons (Fsp3) is 0.688. The van der Waals surface area contributed by atoms with Crippen LogP contribution >= 0.6 is 0 Å². The first kappa shape index (κ1) is 87.9. The third-order valence-corrected chi connectivity index (χ3v) is 21.2. The van der Waals surface area contributed by atoms with Crippen molar-refractivity contribution in [3.05, 3.63) is 78.0 Å². The van der Waals surface area contributed by atoms with Crippen molar-refractivity contribution in [2.45, 2.75) is 232 Å². The summed E-state index contributed by atoms with van der Waals surface area (Å²) in [4.78, 5) is 144. The van der Waals surface area contributed by atoms with E-state index in [-0.39, 0.29) is 107 Å². The molecule has 28 heteroatoms. The van der Waals surface area contributed by atoms with Crippen molar-refractivity contribution in [2.24, 2.45) is 53.1 Å². The number of urea groups is 1. The van der Waals surface area contributed by atoms with Gasteiger partial charge in [0.05, 0.1) is 42.7 Å². The van der Waals surface area contributed by atoms with Gasteiger partial charge in [0.2, 0.25) is 53.2 Å². The number of anilines is 1. The summed E-state index contributed by atoms with van der Waals surface area (Å²) in [5.41, 5.74) is 7.32. The molecule has 2 aromatic carbocycles. The van der Waals surface area contributed by atoms with Gasteiger partial charge in [0.15, 0.2) is 0 Å². The van der Waals surface area contributed by atoms with Gasteiger partial charge in [-0.25, -0.2) is 4.79 Å². The number of hydrogen-bond acceptors (Lipinski definition) is 14. The molecule has 5 unspecified atom stereocenters. The number of carbonyl (C=O) groups is 10. The molecule has 0 radical (unpaired) electrons.